The van der Waals surface area contributed by atoms with Crippen molar-refractivity contribution >= 4 is 39.4 Å². The lowest BCUT2D eigenvalue weighted by atomic mass is 10.0. The number of hydrogen-bond donors (Lipinski definition) is 6. The molecule has 1 heterocycles. The van der Waals surface area contributed by atoms with Crippen LogP contribution in [-0.4, -0.2) is 61.8 Å². The highest BCUT2D eigenvalue weighted by molar-refractivity contribution is 9.10. The summed E-state index contributed by atoms with van der Waals surface area (Å²) in [7, 11) is -15.2. The fraction of sp³-hybridized carbons (Fsp3) is 0.500. The van der Waals surface area contributed by atoms with E-state index in [9.17, 15) is 28.8 Å². The van der Waals surface area contributed by atoms with Crippen LogP contribution >= 0.6 is 39.4 Å². The monoisotopic (exact) mass is 558 g/mol. The van der Waals surface area contributed by atoms with E-state index in [-0.39, 0.29) is 0 Å². The van der Waals surface area contributed by atoms with Crippen molar-refractivity contribution in [3.8, 4) is 5.75 Å². The Morgan fingerprint density at radius 1 is 1.03 bits per heavy atom. The number of phosphoric ester groups is 1. The quantitative estimate of drug-likeness (QED) is 0.232. The van der Waals surface area contributed by atoms with E-state index in [2.05, 4.69) is 29.1 Å². The molecule has 6 N–H and O–H groups in total. The largest absolute Gasteiger partial charge is 0.496 e. The Morgan fingerprint density at radius 2 is 1.67 bits per heavy atom. The topological polar surface area (TPSA) is 219 Å². The van der Waals surface area contributed by atoms with Crippen molar-refractivity contribution in [1.29, 1.82) is 0 Å². The summed E-state index contributed by atoms with van der Waals surface area (Å²) in [5.41, 5.74) is 0.355. The van der Waals surface area contributed by atoms with Gasteiger partial charge in [-0.2, -0.15) is 8.62 Å². The van der Waals surface area contributed by atoms with Gasteiger partial charge in [0.05, 0.1) is 13.7 Å². The summed E-state index contributed by atoms with van der Waals surface area (Å²) < 4.78 is 56.6. The molecule has 3 unspecified atom stereocenters. The average molecular weight is 559 g/mol. The highest BCUT2D eigenvalue weighted by Gasteiger charge is 2.46. The molecule has 18 heteroatoms. The first kappa shape index (κ1) is 26.0. The fourth-order valence-corrected chi connectivity index (χ4v) is 5.90. The molecule has 1 fully saturated rings. The Kier molecular flexibility index (Phi) is 8.45. The molecule has 0 amide bonds. The molecule has 1 saturated heterocycles. The molecule has 0 aromatic heterocycles. The van der Waals surface area contributed by atoms with Gasteiger partial charge in [-0.3, -0.25) is 4.52 Å². The molecule has 172 valence electrons. The summed E-state index contributed by atoms with van der Waals surface area (Å²) in [5.74, 6) is 0.314. The summed E-state index contributed by atoms with van der Waals surface area (Å²) in [4.78, 5) is 35.6. The first-order chi connectivity index (χ1) is 13.6. The number of halogens is 1. The van der Waals surface area contributed by atoms with Crippen LogP contribution in [0.4, 0.5) is 0 Å². The Bertz CT molecular complexity index is 904. The van der Waals surface area contributed by atoms with Crippen LogP contribution in [0.25, 0.3) is 0 Å². The lowest BCUT2D eigenvalue weighted by molar-refractivity contribution is -0.0228. The van der Waals surface area contributed by atoms with E-state index >= 15 is 0 Å². The number of ether oxygens (including phenoxy) is 2. The molecule has 0 aliphatic carbocycles. The highest BCUT2D eigenvalue weighted by Crippen LogP contribution is 2.66. The Balaban J connectivity index is 2.07. The minimum atomic E-state index is -5.67. The Morgan fingerprint density at radius 3 is 2.23 bits per heavy atom. The van der Waals surface area contributed by atoms with Crippen LogP contribution in [0.5, 0.6) is 5.75 Å². The number of hydrogen-bond acceptors (Lipinski definition) is 10. The zero-order chi connectivity index (χ0) is 22.9. The van der Waals surface area contributed by atoms with E-state index in [4.69, 9.17) is 24.2 Å². The van der Waals surface area contributed by atoms with Crippen LogP contribution < -0.4 is 4.74 Å². The Hall–Kier alpha value is -0.210. The third kappa shape index (κ3) is 7.16. The zero-order valence-electron chi connectivity index (χ0n) is 14.9. The second-order valence-corrected chi connectivity index (χ2v) is 11.2. The standard InChI is InChI=1S/C12H18BrO14P3/c1-23-8-4-6(13)2-3-7(8)12-11(15)10(14)9(25-12)5-24-29(19,20)27-30(21,22)26-28(16,17)18/h2-4,9-12,14-15H,5H2,1H3,(H,19,20)(H,21,22)(H2,16,17,18)/t9-,10+,11?,12+/m1/s1. The van der Waals surface area contributed by atoms with Crippen molar-refractivity contribution in [1.82, 2.24) is 0 Å². The lowest BCUT2D eigenvalue weighted by Crippen LogP contribution is -2.33. The molecule has 6 atom stereocenters. The van der Waals surface area contributed by atoms with Gasteiger partial charge in [-0.25, -0.2) is 13.7 Å². The second-order valence-electron chi connectivity index (χ2n) is 5.85. The normalized spacial score (nSPS) is 28.7. The predicted octanol–water partition coefficient (Wildman–Crippen LogP) is 0.963. The zero-order valence-corrected chi connectivity index (χ0v) is 19.2. The average Bonchev–Trinajstić information content (AvgIpc) is 2.85. The molecule has 2 rings (SSSR count). The van der Waals surface area contributed by atoms with Crippen LogP contribution in [0, 0.1) is 0 Å². The molecule has 0 saturated carbocycles. The van der Waals surface area contributed by atoms with Gasteiger partial charge in [-0.05, 0) is 12.1 Å². The molecule has 1 aliphatic heterocycles. The maximum atomic E-state index is 11.8. The minimum Gasteiger partial charge on any atom is -0.496 e. The first-order valence-corrected chi connectivity index (χ1v) is 13.1. The molecule has 1 aromatic rings. The summed E-state index contributed by atoms with van der Waals surface area (Å²) in [6.07, 6.45) is -5.59. The van der Waals surface area contributed by atoms with Crippen LogP contribution in [0.1, 0.15) is 11.7 Å². The van der Waals surface area contributed by atoms with Crippen molar-refractivity contribution in [2.75, 3.05) is 13.7 Å². The third-order valence-electron chi connectivity index (χ3n) is 3.68. The highest BCUT2D eigenvalue weighted by atomic mass is 79.9. The van der Waals surface area contributed by atoms with E-state index in [0.29, 0.717) is 15.8 Å². The van der Waals surface area contributed by atoms with Gasteiger partial charge in [0.1, 0.15) is 30.2 Å². The predicted molar refractivity (Wildman–Crippen MR) is 100 cm³/mol. The molecule has 0 radical (unpaired) electrons. The van der Waals surface area contributed by atoms with Gasteiger partial charge in [-0.15, -0.1) is 0 Å². The third-order valence-corrected chi connectivity index (χ3v) is 7.98. The number of methoxy groups -OCH3 is 1. The molecule has 0 spiro atoms. The molecule has 30 heavy (non-hydrogen) atoms. The van der Waals surface area contributed by atoms with Gasteiger partial charge in [0.2, 0.25) is 0 Å². The summed E-state index contributed by atoms with van der Waals surface area (Å²) in [5, 5.41) is 20.4. The molecule has 1 aromatic carbocycles. The molecular weight excluding hydrogens is 541 g/mol. The van der Waals surface area contributed by atoms with E-state index in [1.54, 1.807) is 18.2 Å². The summed E-state index contributed by atoms with van der Waals surface area (Å²) in [6, 6.07) is 4.76. The number of aliphatic hydroxyl groups excluding tert-OH is 2. The van der Waals surface area contributed by atoms with E-state index in [1.165, 1.54) is 7.11 Å². The fourth-order valence-electron chi connectivity index (χ4n) is 2.53. The van der Waals surface area contributed by atoms with E-state index < -0.39 is 54.5 Å². The first-order valence-electron chi connectivity index (χ1n) is 7.77. The van der Waals surface area contributed by atoms with Crippen LogP contribution in [0.15, 0.2) is 22.7 Å². The van der Waals surface area contributed by atoms with Crippen molar-refractivity contribution in [2.45, 2.75) is 24.4 Å². The van der Waals surface area contributed by atoms with E-state index in [0.717, 1.165) is 0 Å². The van der Waals surface area contributed by atoms with Crippen LogP contribution in [0.2, 0.25) is 0 Å². The van der Waals surface area contributed by atoms with Gasteiger partial charge in [0.15, 0.2) is 0 Å². The van der Waals surface area contributed by atoms with Crippen molar-refractivity contribution < 1.29 is 66.1 Å². The van der Waals surface area contributed by atoms with Crippen molar-refractivity contribution in [3.05, 3.63) is 28.2 Å². The number of phosphoric acid groups is 3. The molecule has 1 aliphatic rings. The van der Waals surface area contributed by atoms with Gasteiger partial charge in [-0.1, -0.05) is 22.0 Å². The van der Waals surface area contributed by atoms with Gasteiger partial charge >= 0.3 is 23.5 Å². The van der Waals surface area contributed by atoms with Crippen molar-refractivity contribution in [2.24, 2.45) is 0 Å². The van der Waals surface area contributed by atoms with Crippen LogP contribution in [0.3, 0.4) is 0 Å². The molecular formula is C12H18BrO14P3. The SMILES string of the molecule is COc1cc(Br)ccc1[C@@H]1O[C@H](COP(=O)(O)OP(=O)(O)OP(=O)(O)O)[C@H](O)C1O. The molecule has 14 nitrogen and oxygen atoms in total. The van der Waals surface area contributed by atoms with Crippen LogP contribution in [-0.2, 0) is 31.6 Å². The minimum absolute atomic E-state index is 0.314. The summed E-state index contributed by atoms with van der Waals surface area (Å²) >= 11 is 3.25. The van der Waals surface area contributed by atoms with Crippen molar-refractivity contribution in [3.63, 3.8) is 0 Å². The second kappa shape index (κ2) is 9.74. The van der Waals surface area contributed by atoms with Gasteiger partial charge in [0, 0.05) is 10.0 Å². The molecule has 0 bridgehead atoms. The van der Waals surface area contributed by atoms with E-state index in [1.807, 2.05) is 0 Å². The number of benzene rings is 1. The number of aliphatic hydroxyl groups is 2. The van der Waals surface area contributed by atoms with Gasteiger partial charge in [0.25, 0.3) is 0 Å². The maximum Gasteiger partial charge on any atom is 0.490 e. The maximum absolute atomic E-state index is 11.8. The summed E-state index contributed by atoms with van der Waals surface area (Å²) in [6.45, 7) is -0.905. The Labute approximate surface area is 177 Å². The van der Waals surface area contributed by atoms with Gasteiger partial charge < -0.3 is 39.3 Å². The number of rotatable bonds is 9. The smallest absolute Gasteiger partial charge is 0.490 e. The lowest BCUT2D eigenvalue weighted by Gasteiger charge is -2.19.